The molecule has 0 aliphatic rings. The Hall–Kier alpha value is -2.19. The Bertz CT molecular complexity index is 881. The first kappa shape index (κ1) is 25.1. The number of rotatable bonds is 13. The molecule has 0 saturated heterocycles. The van der Waals surface area contributed by atoms with Crippen LogP contribution >= 0.6 is 7.80 Å². The van der Waals surface area contributed by atoms with E-state index < -0.39 is 7.80 Å². The fraction of sp³-hybridized carbons (Fsp3) is 0.500. The zero-order chi connectivity index (χ0) is 22.8. The van der Waals surface area contributed by atoms with E-state index in [0.29, 0.717) is 35.6 Å². The van der Waals surface area contributed by atoms with Crippen molar-refractivity contribution in [2.75, 3.05) is 13.2 Å². The lowest BCUT2D eigenvalue weighted by Gasteiger charge is -2.10. The SMILES string of the molecule is CCCCCOc1ccc([P+](=O)C(=O)c2c(C)cc(C)cc2C)c(OCCCCC)c1. The van der Waals surface area contributed by atoms with E-state index in [9.17, 15) is 9.36 Å². The molecule has 31 heavy (non-hydrogen) atoms. The number of aryl methyl sites for hydroxylation is 3. The van der Waals surface area contributed by atoms with Gasteiger partial charge in [-0.2, -0.15) is 0 Å². The van der Waals surface area contributed by atoms with E-state index in [0.717, 1.165) is 55.2 Å². The van der Waals surface area contributed by atoms with Crippen LogP contribution in [0.4, 0.5) is 0 Å². The van der Waals surface area contributed by atoms with E-state index in [1.165, 1.54) is 0 Å². The number of hydrogen-bond donors (Lipinski definition) is 0. The lowest BCUT2D eigenvalue weighted by molar-refractivity contribution is 0.107. The van der Waals surface area contributed by atoms with E-state index in [1.807, 2.05) is 32.9 Å². The Kier molecular flexibility index (Phi) is 10.2. The van der Waals surface area contributed by atoms with E-state index in [4.69, 9.17) is 9.47 Å². The van der Waals surface area contributed by atoms with Crippen molar-refractivity contribution in [1.29, 1.82) is 0 Å². The number of hydrogen-bond acceptors (Lipinski definition) is 4. The van der Waals surface area contributed by atoms with Crippen molar-refractivity contribution in [2.45, 2.75) is 73.1 Å². The van der Waals surface area contributed by atoms with Crippen LogP contribution in [0.2, 0.25) is 0 Å². The van der Waals surface area contributed by atoms with Crippen LogP contribution in [0.3, 0.4) is 0 Å². The van der Waals surface area contributed by atoms with Crippen LogP contribution in [0, 0.1) is 20.8 Å². The molecule has 1 unspecified atom stereocenters. The summed E-state index contributed by atoms with van der Waals surface area (Å²) in [5, 5.41) is 0.441. The van der Waals surface area contributed by atoms with Crippen molar-refractivity contribution in [2.24, 2.45) is 0 Å². The van der Waals surface area contributed by atoms with E-state index in [-0.39, 0.29) is 5.52 Å². The molecule has 0 aliphatic heterocycles. The highest BCUT2D eigenvalue weighted by Crippen LogP contribution is 2.35. The predicted molar refractivity (Wildman–Crippen MR) is 129 cm³/mol. The molecule has 2 aromatic carbocycles. The summed E-state index contributed by atoms with van der Waals surface area (Å²) >= 11 is 0. The average Bonchev–Trinajstić information content (AvgIpc) is 2.73. The lowest BCUT2D eigenvalue weighted by Crippen LogP contribution is -2.12. The van der Waals surface area contributed by atoms with Crippen molar-refractivity contribution >= 4 is 18.6 Å². The molecule has 0 spiro atoms. The number of benzene rings is 2. The molecule has 2 aromatic rings. The third-order valence-electron chi connectivity index (χ3n) is 5.25. The van der Waals surface area contributed by atoms with Crippen molar-refractivity contribution in [1.82, 2.24) is 0 Å². The monoisotopic (exact) mass is 443 g/mol. The molecule has 5 heteroatoms. The highest BCUT2D eigenvalue weighted by atomic mass is 31.1. The standard InChI is InChI=1S/C26H36O4P/c1-6-8-10-14-29-22-12-13-24(23(18-22)30-15-11-9-7-2)31(28)26(27)25-20(4)16-19(3)17-21(25)5/h12-13,16-18H,6-11,14-15H2,1-5H3/q+1. The van der Waals surface area contributed by atoms with Crippen molar-refractivity contribution in [3.05, 3.63) is 52.6 Å². The first-order valence-corrected chi connectivity index (χ1v) is 12.6. The highest BCUT2D eigenvalue weighted by molar-refractivity contribution is 7.71. The molecule has 0 saturated carbocycles. The lowest BCUT2D eigenvalue weighted by atomic mass is 10.0. The second-order valence-corrected chi connectivity index (χ2v) is 9.59. The van der Waals surface area contributed by atoms with Gasteiger partial charge in [-0.15, -0.1) is 0 Å². The zero-order valence-corrected chi connectivity index (χ0v) is 20.5. The van der Waals surface area contributed by atoms with Gasteiger partial charge in [0.1, 0.15) is 5.75 Å². The molecule has 0 amide bonds. The molecule has 0 aromatic heterocycles. The zero-order valence-electron chi connectivity index (χ0n) is 19.6. The van der Waals surface area contributed by atoms with Crippen LogP contribution in [-0.2, 0) is 4.57 Å². The van der Waals surface area contributed by atoms with Gasteiger partial charge in [0.05, 0.1) is 18.8 Å². The summed E-state index contributed by atoms with van der Waals surface area (Å²) in [6.45, 7) is 11.2. The molecule has 4 nitrogen and oxygen atoms in total. The molecule has 0 N–H and O–H groups in total. The normalized spacial score (nSPS) is 11.3. The quantitative estimate of drug-likeness (QED) is 0.246. The number of carbonyl (C=O) groups is 1. The van der Waals surface area contributed by atoms with Gasteiger partial charge in [0.15, 0.2) is 5.75 Å². The molecule has 2 rings (SSSR count). The molecule has 0 bridgehead atoms. The Morgan fingerprint density at radius 1 is 0.839 bits per heavy atom. The van der Waals surface area contributed by atoms with Crippen molar-refractivity contribution in [3.8, 4) is 11.5 Å². The summed E-state index contributed by atoms with van der Waals surface area (Å²) in [7, 11) is -2.30. The largest absolute Gasteiger partial charge is 0.493 e. The average molecular weight is 444 g/mol. The van der Waals surface area contributed by atoms with Crippen LogP contribution in [0.15, 0.2) is 30.3 Å². The van der Waals surface area contributed by atoms with E-state index >= 15 is 0 Å². The minimum Gasteiger partial charge on any atom is -0.493 e. The Labute approximate surface area is 188 Å². The van der Waals surface area contributed by atoms with Crippen LogP contribution in [0.25, 0.3) is 0 Å². The first-order valence-electron chi connectivity index (χ1n) is 11.4. The van der Waals surface area contributed by atoms with Crippen molar-refractivity contribution < 1.29 is 18.8 Å². The first-order chi connectivity index (χ1) is 14.9. The number of carbonyl (C=O) groups excluding carboxylic acids is 1. The molecule has 0 aliphatic carbocycles. The smallest absolute Gasteiger partial charge is 0.462 e. The molecular weight excluding hydrogens is 407 g/mol. The van der Waals surface area contributed by atoms with Gasteiger partial charge < -0.3 is 9.47 Å². The Morgan fingerprint density at radius 3 is 2.00 bits per heavy atom. The fourth-order valence-electron chi connectivity index (χ4n) is 3.67. The van der Waals surface area contributed by atoms with Gasteiger partial charge in [-0.25, -0.2) is 4.79 Å². The minimum absolute atomic E-state index is 0.347. The molecule has 0 fully saturated rings. The van der Waals surface area contributed by atoms with Gasteiger partial charge in [0, 0.05) is 6.07 Å². The van der Waals surface area contributed by atoms with Crippen LogP contribution in [0.5, 0.6) is 11.5 Å². The highest BCUT2D eigenvalue weighted by Gasteiger charge is 2.38. The summed E-state index contributed by atoms with van der Waals surface area (Å²) in [4.78, 5) is 13.2. The maximum Gasteiger partial charge on any atom is 0.462 e. The maximum atomic E-state index is 13.3. The number of unbranched alkanes of at least 4 members (excludes halogenated alkanes) is 4. The molecular formula is C26H36O4P+. The third kappa shape index (κ3) is 7.18. The molecule has 0 heterocycles. The summed E-state index contributed by atoms with van der Waals surface area (Å²) in [6.07, 6.45) is 6.32. The van der Waals surface area contributed by atoms with Crippen LogP contribution in [0.1, 0.15) is 79.4 Å². The van der Waals surface area contributed by atoms with Gasteiger partial charge in [-0.3, -0.25) is 0 Å². The van der Waals surface area contributed by atoms with Gasteiger partial charge in [0.2, 0.25) is 5.30 Å². The summed E-state index contributed by atoms with van der Waals surface area (Å²) < 4.78 is 25.2. The number of ether oxygens (including phenoxy) is 2. The summed E-state index contributed by atoms with van der Waals surface area (Å²) in [5.74, 6) is 1.17. The maximum absolute atomic E-state index is 13.3. The van der Waals surface area contributed by atoms with Gasteiger partial charge in [-0.05, 0) is 56.9 Å². The van der Waals surface area contributed by atoms with Crippen LogP contribution in [-0.4, -0.2) is 18.7 Å². The second-order valence-electron chi connectivity index (χ2n) is 8.11. The van der Waals surface area contributed by atoms with Gasteiger partial charge >= 0.3 is 13.3 Å². The molecule has 1 atom stereocenters. The third-order valence-corrected chi connectivity index (χ3v) is 6.65. The topological polar surface area (TPSA) is 52.6 Å². The fourth-order valence-corrected chi connectivity index (χ4v) is 4.99. The predicted octanol–water partition coefficient (Wildman–Crippen LogP) is 7.04. The second kappa shape index (κ2) is 12.6. The molecule has 0 radical (unpaired) electrons. The Morgan fingerprint density at radius 2 is 1.42 bits per heavy atom. The van der Waals surface area contributed by atoms with Crippen LogP contribution < -0.4 is 14.8 Å². The molecule has 168 valence electrons. The summed E-state index contributed by atoms with van der Waals surface area (Å²) in [5.41, 5.74) is 2.99. The van der Waals surface area contributed by atoms with Crippen molar-refractivity contribution in [3.63, 3.8) is 0 Å². The minimum atomic E-state index is -2.30. The van der Waals surface area contributed by atoms with E-state index in [1.54, 1.807) is 18.2 Å². The Balaban J connectivity index is 2.29. The van der Waals surface area contributed by atoms with E-state index in [2.05, 4.69) is 13.8 Å². The van der Waals surface area contributed by atoms with Gasteiger partial charge in [0.25, 0.3) is 0 Å². The summed E-state index contributed by atoms with van der Waals surface area (Å²) in [6, 6.07) is 9.20. The van der Waals surface area contributed by atoms with Gasteiger partial charge in [-0.1, -0.05) is 61.8 Å².